The molecule has 0 unspecified atom stereocenters. The Morgan fingerprint density at radius 2 is 1.97 bits per heavy atom. The standard InChI is InChI=1S/C27H37NO7/c1-4-6-7-17-8-9-18-12-21(35-27(33)25(18)26(17)32)13-20(29)11-10-19-15-34-24(28-19)14-23(31)16(3)22(30)5-2/h8-11,15-16,20-23,29-32H,4-7,12-14H2,1-3H3/b11-10+/t16-,20+,21+,22-,23+/m1/s1. The van der Waals surface area contributed by atoms with Crippen LogP contribution < -0.4 is 0 Å². The highest BCUT2D eigenvalue weighted by molar-refractivity contribution is 5.95. The maximum atomic E-state index is 12.6. The zero-order valence-electron chi connectivity index (χ0n) is 20.7. The number of hydrogen-bond acceptors (Lipinski definition) is 8. The first-order chi connectivity index (χ1) is 16.7. The number of fused-ring (bicyclic) bond motifs is 1. The van der Waals surface area contributed by atoms with Gasteiger partial charge >= 0.3 is 5.97 Å². The average molecular weight is 488 g/mol. The van der Waals surface area contributed by atoms with Crippen LogP contribution in [0.4, 0.5) is 0 Å². The molecule has 5 atom stereocenters. The first-order valence-electron chi connectivity index (χ1n) is 12.4. The summed E-state index contributed by atoms with van der Waals surface area (Å²) in [6.07, 6.45) is 5.82. The van der Waals surface area contributed by atoms with Crippen molar-refractivity contribution in [2.75, 3.05) is 0 Å². The number of hydrogen-bond donors (Lipinski definition) is 4. The summed E-state index contributed by atoms with van der Waals surface area (Å²) < 4.78 is 10.9. The first-order valence-corrected chi connectivity index (χ1v) is 12.4. The fourth-order valence-electron chi connectivity index (χ4n) is 4.32. The van der Waals surface area contributed by atoms with Gasteiger partial charge in [-0.15, -0.1) is 0 Å². The van der Waals surface area contributed by atoms with Crippen molar-refractivity contribution in [2.24, 2.45) is 5.92 Å². The highest BCUT2D eigenvalue weighted by Crippen LogP contribution is 2.33. The number of rotatable bonds is 12. The molecule has 1 aliphatic heterocycles. The number of carbonyl (C=O) groups excluding carboxylic acids is 1. The van der Waals surface area contributed by atoms with E-state index in [4.69, 9.17) is 9.15 Å². The highest BCUT2D eigenvalue weighted by Gasteiger charge is 2.31. The van der Waals surface area contributed by atoms with Crippen molar-refractivity contribution in [1.82, 2.24) is 4.98 Å². The number of ether oxygens (including phenoxy) is 1. The summed E-state index contributed by atoms with van der Waals surface area (Å²) in [5.74, 6) is -0.519. The molecule has 8 heteroatoms. The number of phenols is 1. The Labute approximate surface area is 206 Å². The lowest BCUT2D eigenvalue weighted by Gasteiger charge is -2.26. The smallest absolute Gasteiger partial charge is 0.342 e. The van der Waals surface area contributed by atoms with Crippen LogP contribution in [-0.4, -0.2) is 55.8 Å². The lowest BCUT2D eigenvalue weighted by atomic mass is 9.92. The van der Waals surface area contributed by atoms with Crippen molar-refractivity contribution in [3.63, 3.8) is 0 Å². The van der Waals surface area contributed by atoms with Crippen LogP contribution in [0.15, 0.2) is 28.9 Å². The molecule has 0 saturated heterocycles. The van der Waals surface area contributed by atoms with E-state index in [0.717, 1.165) is 24.0 Å². The summed E-state index contributed by atoms with van der Waals surface area (Å²) in [5, 5.41) is 41.1. The summed E-state index contributed by atoms with van der Waals surface area (Å²) in [7, 11) is 0. The third kappa shape index (κ3) is 6.93. The van der Waals surface area contributed by atoms with Crippen LogP contribution in [0.25, 0.3) is 6.08 Å². The van der Waals surface area contributed by atoms with Crippen LogP contribution in [-0.2, 0) is 24.0 Å². The van der Waals surface area contributed by atoms with Gasteiger partial charge in [-0.1, -0.05) is 45.4 Å². The number of benzene rings is 1. The molecule has 0 fully saturated rings. The number of unbranched alkanes of at least 4 members (excludes halogenated alkanes) is 1. The molecule has 1 aromatic heterocycles. The molecule has 0 bridgehead atoms. The van der Waals surface area contributed by atoms with Gasteiger partial charge in [-0.2, -0.15) is 0 Å². The average Bonchev–Trinajstić information content (AvgIpc) is 3.28. The zero-order chi connectivity index (χ0) is 25.5. The number of nitrogens with zero attached hydrogens (tertiary/aromatic N) is 1. The highest BCUT2D eigenvalue weighted by atomic mass is 16.5. The van der Waals surface area contributed by atoms with Gasteiger partial charge in [0.25, 0.3) is 0 Å². The van der Waals surface area contributed by atoms with Crippen LogP contribution in [0.1, 0.15) is 79.5 Å². The molecule has 0 aliphatic carbocycles. The summed E-state index contributed by atoms with van der Waals surface area (Å²) in [5.41, 5.74) is 2.20. The lowest BCUT2D eigenvalue weighted by molar-refractivity contribution is 0.0144. The predicted molar refractivity (Wildman–Crippen MR) is 131 cm³/mol. The molecule has 0 saturated carbocycles. The Hall–Kier alpha value is -2.68. The monoisotopic (exact) mass is 487 g/mol. The molecule has 192 valence electrons. The van der Waals surface area contributed by atoms with Crippen LogP contribution >= 0.6 is 0 Å². The zero-order valence-corrected chi connectivity index (χ0v) is 20.7. The van der Waals surface area contributed by atoms with Gasteiger partial charge in [-0.25, -0.2) is 9.78 Å². The molecule has 2 aromatic rings. The second-order valence-electron chi connectivity index (χ2n) is 9.38. The molecule has 8 nitrogen and oxygen atoms in total. The molecule has 0 amide bonds. The van der Waals surface area contributed by atoms with E-state index in [2.05, 4.69) is 11.9 Å². The number of oxazole rings is 1. The minimum atomic E-state index is -0.878. The minimum absolute atomic E-state index is 0.00500. The quantitative estimate of drug-likeness (QED) is 0.334. The number of aromatic nitrogens is 1. The number of aromatic hydroxyl groups is 1. The number of cyclic esters (lactones) is 1. The summed E-state index contributed by atoms with van der Waals surface area (Å²) in [4.78, 5) is 16.9. The third-order valence-electron chi connectivity index (χ3n) is 6.65. The van der Waals surface area contributed by atoms with Crippen molar-refractivity contribution in [3.8, 4) is 5.75 Å². The topological polar surface area (TPSA) is 133 Å². The van der Waals surface area contributed by atoms with Gasteiger partial charge in [-0.3, -0.25) is 0 Å². The Balaban J connectivity index is 1.56. The van der Waals surface area contributed by atoms with Crippen LogP contribution in [0.3, 0.4) is 0 Å². The molecular weight excluding hydrogens is 450 g/mol. The van der Waals surface area contributed by atoms with Crippen LogP contribution in [0.2, 0.25) is 0 Å². The number of phenolic OH excluding ortho intramolecular Hbond substituents is 1. The summed E-state index contributed by atoms with van der Waals surface area (Å²) in [6, 6.07) is 3.72. The normalized spacial score (nSPS) is 19.3. The van der Waals surface area contributed by atoms with Gasteiger partial charge < -0.3 is 29.6 Å². The molecule has 1 aromatic carbocycles. The second kappa shape index (κ2) is 12.3. The van der Waals surface area contributed by atoms with E-state index in [-0.39, 0.29) is 30.1 Å². The van der Waals surface area contributed by atoms with E-state index in [1.807, 2.05) is 19.1 Å². The van der Waals surface area contributed by atoms with Crippen molar-refractivity contribution in [3.05, 3.63) is 52.7 Å². The lowest BCUT2D eigenvalue weighted by Crippen LogP contribution is -2.30. The number of aryl methyl sites for hydroxylation is 1. The SMILES string of the molecule is CCCCc1ccc2c(c1O)C(=O)O[C@H](C[C@@H](O)/C=C/c1coc(C[C@H](O)[C@H](C)[C@H](O)CC)n1)C2. The molecule has 1 aliphatic rings. The van der Waals surface area contributed by atoms with Gasteiger partial charge in [0, 0.05) is 18.8 Å². The van der Waals surface area contributed by atoms with Crippen LogP contribution in [0, 0.1) is 5.92 Å². The van der Waals surface area contributed by atoms with Gasteiger partial charge in [0.2, 0.25) is 0 Å². The minimum Gasteiger partial charge on any atom is -0.507 e. The van der Waals surface area contributed by atoms with Gasteiger partial charge in [0.15, 0.2) is 5.89 Å². The molecule has 2 heterocycles. The molecular formula is C27H37NO7. The molecule has 3 rings (SSSR count). The van der Waals surface area contributed by atoms with Crippen LogP contribution in [0.5, 0.6) is 5.75 Å². The van der Waals surface area contributed by atoms with E-state index in [0.29, 0.717) is 30.8 Å². The Bertz CT molecular complexity index is 1010. The van der Waals surface area contributed by atoms with E-state index < -0.39 is 30.4 Å². The molecule has 0 spiro atoms. The summed E-state index contributed by atoms with van der Waals surface area (Å²) >= 11 is 0. The Kier molecular flexibility index (Phi) is 9.48. The molecule has 0 radical (unpaired) electrons. The van der Waals surface area contributed by atoms with E-state index in [9.17, 15) is 25.2 Å². The number of aliphatic hydroxyl groups is 3. The van der Waals surface area contributed by atoms with Crippen molar-refractivity contribution < 1.29 is 34.4 Å². The van der Waals surface area contributed by atoms with E-state index in [1.165, 1.54) is 6.26 Å². The third-order valence-corrected chi connectivity index (χ3v) is 6.65. The van der Waals surface area contributed by atoms with Crippen molar-refractivity contribution >= 4 is 12.0 Å². The second-order valence-corrected chi connectivity index (χ2v) is 9.38. The Morgan fingerprint density at radius 1 is 1.20 bits per heavy atom. The molecule has 4 N–H and O–H groups in total. The predicted octanol–water partition coefficient (Wildman–Crippen LogP) is 3.58. The van der Waals surface area contributed by atoms with E-state index >= 15 is 0 Å². The van der Waals surface area contributed by atoms with Crippen molar-refractivity contribution in [1.29, 1.82) is 0 Å². The number of aliphatic hydroxyl groups excluding tert-OH is 3. The van der Waals surface area contributed by atoms with Crippen molar-refractivity contribution in [2.45, 2.75) is 90.1 Å². The van der Waals surface area contributed by atoms with E-state index in [1.54, 1.807) is 19.1 Å². The van der Waals surface area contributed by atoms with Gasteiger partial charge in [-0.05, 0) is 36.5 Å². The first kappa shape index (κ1) is 26.9. The molecule has 35 heavy (non-hydrogen) atoms. The maximum Gasteiger partial charge on any atom is 0.342 e. The maximum absolute atomic E-state index is 12.6. The fraction of sp³-hybridized carbons (Fsp3) is 0.556. The number of carbonyl (C=O) groups is 1. The largest absolute Gasteiger partial charge is 0.507 e. The summed E-state index contributed by atoms with van der Waals surface area (Å²) in [6.45, 7) is 5.71. The fourth-order valence-corrected chi connectivity index (χ4v) is 4.32. The Morgan fingerprint density at radius 3 is 2.69 bits per heavy atom. The van der Waals surface area contributed by atoms with Gasteiger partial charge in [0.05, 0.1) is 24.7 Å². The van der Waals surface area contributed by atoms with Gasteiger partial charge in [0.1, 0.15) is 29.4 Å². The number of esters is 1.